The van der Waals surface area contributed by atoms with Gasteiger partial charge in [-0.3, -0.25) is 0 Å². The zero-order valence-electron chi connectivity index (χ0n) is 29.5. The predicted octanol–water partition coefficient (Wildman–Crippen LogP) is 6.65. The van der Waals surface area contributed by atoms with Crippen molar-refractivity contribution in [3.05, 3.63) is 63.2 Å². The molecule has 0 saturated carbocycles. The molecule has 2 aromatic rings. The van der Waals surface area contributed by atoms with Crippen molar-refractivity contribution in [2.45, 2.75) is 125 Å². The molecule has 0 fully saturated rings. The maximum atomic E-state index is 10.8. The van der Waals surface area contributed by atoms with Gasteiger partial charge in [-0.15, -0.1) is 0 Å². The molecule has 252 valence electrons. The predicted molar refractivity (Wildman–Crippen MR) is 178 cm³/mol. The second-order valence-corrected chi connectivity index (χ2v) is 17.3. The number of hydrogen-bond donors (Lipinski definition) is 6. The summed E-state index contributed by atoms with van der Waals surface area (Å²) < 4.78 is 16.1. The third-order valence-electron chi connectivity index (χ3n) is 7.79. The van der Waals surface area contributed by atoms with Crippen LogP contribution in [0.2, 0.25) is 0 Å². The van der Waals surface area contributed by atoms with Crippen LogP contribution in [0.5, 0.6) is 5.75 Å². The number of benzene rings is 2. The Morgan fingerprint density at radius 3 is 1.07 bits per heavy atom. The Morgan fingerprint density at radius 1 is 0.591 bits per heavy atom. The minimum atomic E-state index is -4.64. The van der Waals surface area contributed by atoms with Gasteiger partial charge in [-0.25, -0.2) is 4.57 Å². The van der Waals surface area contributed by atoms with E-state index >= 15 is 0 Å². The first-order valence-electron chi connectivity index (χ1n) is 15.1. The van der Waals surface area contributed by atoms with Crippen molar-refractivity contribution in [1.29, 1.82) is 0 Å². The lowest BCUT2D eigenvalue weighted by Crippen LogP contribution is -2.45. The first-order valence-corrected chi connectivity index (χ1v) is 16.7. The summed E-state index contributed by atoms with van der Waals surface area (Å²) >= 11 is 0. The topological polar surface area (TPSA) is 148 Å². The Hall–Kier alpha value is -1.77. The largest absolute Gasteiger partial charge is 0.484 e. The molecule has 0 amide bonds. The lowest BCUT2D eigenvalue weighted by molar-refractivity contribution is -0.0761. The molecule has 0 bridgehead atoms. The zero-order valence-corrected chi connectivity index (χ0v) is 30.3. The smallest absolute Gasteiger partial charge is 0.466 e. The molecule has 1 unspecified atom stereocenters. The Balaban J connectivity index is 0.00000178. The van der Waals surface area contributed by atoms with Gasteiger partial charge in [0, 0.05) is 16.7 Å². The minimum absolute atomic E-state index is 0.223. The van der Waals surface area contributed by atoms with Crippen LogP contribution in [0.15, 0.2) is 24.3 Å². The molecule has 44 heavy (non-hydrogen) atoms. The molecule has 0 heterocycles. The van der Waals surface area contributed by atoms with Gasteiger partial charge in [0.2, 0.25) is 0 Å². The number of aliphatic hydroxyl groups excluding tert-OH is 3. The zero-order chi connectivity index (χ0) is 34.9. The molecule has 0 aliphatic rings. The Kier molecular flexibility index (Phi) is 12.7. The van der Waals surface area contributed by atoms with Gasteiger partial charge in [0.25, 0.3) is 0 Å². The SMILES string of the molecule is Cc1cc(C(C)(C)C)c(OC(c2c(C(C)(C)C)cc(C)cc2C(C)(C)C)C(CO)(CO)CO)c(C(C)(C)C)c1.O=P(O)(O)O. The van der Waals surface area contributed by atoms with E-state index in [-0.39, 0.29) is 21.7 Å². The number of rotatable bonds is 7. The quantitative estimate of drug-likeness (QED) is 0.185. The van der Waals surface area contributed by atoms with E-state index < -0.39 is 39.2 Å². The molecule has 0 spiro atoms. The van der Waals surface area contributed by atoms with Gasteiger partial charge in [0.05, 0.1) is 25.2 Å². The maximum Gasteiger partial charge on any atom is 0.466 e. The van der Waals surface area contributed by atoms with Crippen molar-refractivity contribution in [3.8, 4) is 5.75 Å². The average Bonchev–Trinajstić information content (AvgIpc) is 2.81. The Bertz CT molecular complexity index is 1220. The number of ether oxygens (including phenoxy) is 1. The van der Waals surface area contributed by atoms with Crippen LogP contribution < -0.4 is 4.74 Å². The second kappa shape index (κ2) is 13.9. The van der Waals surface area contributed by atoms with Gasteiger partial charge in [0.15, 0.2) is 0 Å². The molecule has 0 aromatic heterocycles. The van der Waals surface area contributed by atoms with E-state index in [1.54, 1.807) is 0 Å². The molecular weight excluding hydrogens is 579 g/mol. The lowest BCUT2D eigenvalue weighted by atomic mass is 9.69. The fourth-order valence-electron chi connectivity index (χ4n) is 5.34. The monoisotopic (exact) mass is 638 g/mol. The first-order chi connectivity index (χ1) is 19.5. The second-order valence-electron chi connectivity index (χ2n) is 16.3. The van der Waals surface area contributed by atoms with Gasteiger partial charge >= 0.3 is 7.82 Å². The fraction of sp³-hybridized carbons (Fsp3) is 0.657. The van der Waals surface area contributed by atoms with Crippen molar-refractivity contribution < 1.29 is 39.3 Å². The van der Waals surface area contributed by atoms with E-state index in [1.807, 2.05) is 0 Å². The molecular formula is C35H59O8P. The molecule has 1 atom stereocenters. The van der Waals surface area contributed by atoms with Crippen molar-refractivity contribution in [2.24, 2.45) is 5.41 Å². The van der Waals surface area contributed by atoms with Crippen LogP contribution in [-0.4, -0.2) is 49.8 Å². The third-order valence-corrected chi connectivity index (χ3v) is 7.79. The number of aliphatic hydroxyl groups is 3. The van der Waals surface area contributed by atoms with E-state index in [1.165, 1.54) is 0 Å². The highest BCUT2D eigenvalue weighted by Crippen LogP contribution is 2.50. The van der Waals surface area contributed by atoms with Gasteiger partial charge in [0.1, 0.15) is 11.9 Å². The van der Waals surface area contributed by atoms with Crippen molar-refractivity contribution >= 4 is 7.82 Å². The van der Waals surface area contributed by atoms with Crippen LogP contribution in [0.1, 0.15) is 128 Å². The van der Waals surface area contributed by atoms with E-state index in [0.717, 1.165) is 44.7 Å². The van der Waals surface area contributed by atoms with Gasteiger partial charge in [-0.2, -0.15) is 0 Å². The van der Waals surface area contributed by atoms with Crippen LogP contribution in [0.4, 0.5) is 0 Å². The molecule has 0 saturated heterocycles. The number of phosphoric acid groups is 1. The van der Waals surface area contributed by atoms with Crippen molar-refractivity contribution in [2.75, 3.05) is 19.8 Å². The molecule has 2 aromatic carbocycles. The molecule has 0 aliphatic heterocycles. The number of aryl methyl sites for hydroxylation is 2. The minimum Gasteiger partial charge on any atom is -0.484 e. The fourth-order valence-corrected chi connectivity index (χ4v) is 5.34. The van der Waals surface area contributed by atoms with Crippen LogP contribution in [0, 0.1) is 19.3 Å². The summed E-state index contributed by atoms with van der Waals surface area (Å²) in [5, 5.41) is 32.5. The van der Waals surface area contributed by atoms with E-state index in [2.05, 4.69) is 121 Å². The Morgan fingerprint density at radius 2 is 0.841 bits per heavy atom. The molecule has 2 rings (SSSR count). The van der Waals surface area contributed by atoms with Crippen molar-refractivity contribution in [1.82, 2.24) is 0 Å². The molecule has 0 aliphatic carbocycles. The summed E-state index contributed by atoms with van der Waals surface area (Å²) in [6.07, 6.45) is -0.800. The molecule has 0 radical (unpaired) electrons. The standard InChI is InChI=1S/C35H56O4.H3O4P/c1-22-15-24(31(3,4)5)28(25(16-22)32(6,7)8)30(35(19-36,20-37)21-38)39-29-26(33(9,10)11)17-23(2)18-27(29)34(12,13)14;1-5(2,3)4/h15-18,30,36-38H,19-21H2,1-14H3;(H3,1,2,3,4). The van der Waals surface area contributed by atoms with Crippen LogP contribution >= 0.6 is 7.82 Å². The summed E-state index contributed by atoms with van der Waals surface area (Å²) in [6, 6.07) is 8.76. The first kappa shape index (κ1) is 40.3. The molecule has 6 N–H and O–H groups in total. The summed E-state index contributed by atoms with van der Waals surface area (Å²) in [6.45, 7) is 29.1. The average molecular weight is 639 g/mol. The van der Waals surface area contributed by atoms with E-state index in [4.69, 9.17) is 24.0 Å². The van der Waals surface area contributed by atoms with Gasteiger partial charge in [-0.1, -0.05) is 118 Å². The summed E-state index contributed by atoms with van der Waals surface area (Å²) in [4.78, 5) is 21.6. The van der Waals surface area contributed by atoms with E-state index in [0.29, 0.717) is 0 Å². The summed E-state index contributed by atoms with van der Waals surface area (Å²) in [7, 11) is -4.64. The number of hydrogen-bond acceptors (Lipinski definition) is 5. The molecule has 8 nitrogen and oxygen atoms in total. The van der Waals surface area contributed by atoms with Gasteiger partial charge in [-0.05, 0) is 46.6 Å². The Labute approximate surface area is 265 Å². The van der Waals surface area contributed by atoms with Crippen LogP contribution in [0.3, 0.4) is 0 Å². The molecule has 9 heteroatoms. The lowest BCUT2D eigenvalue weighted by Gasteiger charge is -2.43. The highest BCUT2D eigenvalue weighted by atomic mass is 31.2. The van der Waals surface area contributed by atoms with Gasteiger partial charge < -0.3 is 34.7 Å². The highest BCUT2D eigenvalue weighted by Gasteiger charge is 2.46. The summed E-state index contributed by atoms with van der Waals surface area (Å²) in [5.41, 5.74) is 5.33. The normalized spacial score (nSPS) is 14.2. The third kappa shape index (κ3) is 10.4. The van der Waals surface area contributed by atoms with Crippen molar-refractivity contribution in [3.63, 3.8) is 0 Å². The summed E-state index contributed by atoms with van der Waals surface area (Å²) in [5.74, 6) is 0.769. The van der Waals surface area contributed by atoms with Crippen LogP contribution in [-0.2, 0) is 26.2 Å². The van der Waals surface area contributed by atoms with Crippen LogP contribution in [0.25, 0.3) is 0 Å². The van der Waals surface area contributed by atoms with E-state index in [9.17, 15) is 15.3 Å². The highest BCUT2D eigenvalue weighted by molar-refractivity contribution is 7.45. The maximum absolute atomic E-state index is 10.8.